The topological polar surface area (TPSA) is 0 Å². The Kier molecular flexibility index (Phi) is 14.5. The van der Waals surface area contributed by atoms with Gasteiger partial charge in [0.05, 0.1) is 0 Å². The van der Waals surface area contributed by atoms with E-state index in [0.717, 1.165) is 19.3 Å². The standard InChI is InChI=1S/C19H33F.C3H8.C2H6/c1-8-13(2)10-9-11-19(6,7)17-12-18(20)16(5)14(3)15(17)4;1-3-2;1-2/h10,12,14-16,18H,8-9,11H2,1-7H3;3H2,1-2H3;1-2H3/b13-10+;;. The summed E-state index contributed by atoms with van der Waals surface area (Å²) in [6.45, 7) is 23.7. The summed E-state index contributed by atoms with van der Waals surface area (Å²) in [6.07, 6.45) is 8.07. The Balaban J connectivity index is 0. The van der Waals surface area contributed by atoms with Crippen molar-refractivity contribution < 1.29 is 4.39 Å². The van der Waals surface area contributed by atoms with Gasteiger partial charge in [0.25, 0.3) is 0 Å². The van der Waals surface area contributed by atoms with Crippen molar-refractivity contribution >= 4 is 0 Å². The lowest BCUT2D eigenvalue weighted by Crippen LogP contribution is -2.35. The maximum absolute atomic E-state index is 14.2. The van der Waals surface area contributed by atoms with Gasteiger partial charge in [0, 0.05) is 0 Å². The van der Waals surface area contributed by atoms with Crippen molar-refractivity contribution in [2.45, 2.75) is 108 Å². The smallest absolute Gasteiger partial charge is 0.121 e. The lowest BCUT2D eigenvalue weighted by Gasteiger charge is -2.41. The van der Waals surface area contributed by atoms with Gasteiger partial charge in [0.2, 0.25) is 0 Å². The lowest BCUT2D eigenvalue weighted by atomic mass is 9.64. The second-order valence-corrected chi connectivity index (χ2v) is 8.11. The number of allylic oxidation sites excluding steroid dienone is 4. The zero-order chi connectivity index (χ0) is 20.2. The van der Waals surface area contributed by atoms with E-state index >= 15 is 0 Å². The number of halogens is 1. The summed E-state index contributed by atoms with van der Waals surface area (Å²) < 4.78 is 14.2. The molecule has 0 N–H and O–H groups in total. The molecule has 0 spiro atoms. The Morgan fingerprint density at radius 3 is 2.00 bits per heavy atom. The molecule has 0 aromatic rings. The van der Waals surface area contributed by atoms with Gasteiger partial charge in [-0.15, -0.1) is 0 Å². The van der Waals surface area contributed by atoms with Gasteiger partial charge < -0.3 is 0 Å². The van der Waals surface area contributed by atoms with E-state index < -0.39 is 6.17 Å². The first-order chi connectivity index (χ1) is 11.6. The predicted molar refractivity (Wildman–Crippen MR) is 115 cm³/mol. The zero-order valence-electron chi connectivity index (χ0n) is 19.2. The van der Waals surface area contributed by atoms with Gasteiger partial charge in [0.15, 0.2) is 0 Å². The molecule has 25 heavy (non-hydrogen) atoms. The van der Waals surface area contributed by atoms with Crippen molar-refractivity contribution in [3.05, 3.63) is 23.3 Å². The van der Waals surface area contributed by atoms with Crippen molar-refractivity contribution in [2.24, 2.45) is 23.2 Å². The van der Waals surface area contributed by atoms with Crippen molar-refractivity contribution in [2.75, 3.05) is 0 Å². The SMILES string of the molecule is CC.CC/C(C)=C/CCC(C)(C)C1=CC(F)C(C)C(C)C1C.CCC. The van der Waals surface area contributed by atoms with Gasteiger partial charge in [-0.2, -0.15) is 0 Å². The van der Waals surface area contributed by atoms with Crippen LogP contribution in [0.5, 0.6) is 0 Å². The summed E-state index contributed by atoms with van der Waals surface area (Å²) in [4.78, 5) is 0. The molecule has 0 bridgehead atoms. The molecule has 0 aliphatic heterocycles. The minimum Gasteiger partial charge on any atom is -0.243 e. The summed E-state index contributed by atoms with van der Waals surface area (Å²) in [5, 5.41) is 0. The normalized spacial score (nSPS) is 26.7. The van der Waals surface area contributed by atoms with Gasteiger partial charge in [-0.05, 0) is 49.4 Å². The molecule has 1 heteroatoms. The van der Waals surface area contributed by atoms with Crippen LogP contribution in [0.4, 0.5) is 4.39 Å². The average molecular weight is 355 g/mol. The maximum Gasteiger partial charge on any atom is 0.121 e. The third kappa shape index (κ3) is 9.06. The molecule has 0 radical (unpaired) electrons. The number of hydrogen-bond donors (Lipinski definition) is 0. The van der Waals surface area contributed by atoms with E-state index in [-0.39, 0.29) is 11.3 Å². The molecule has 0 heterocycles. The number of rotatable bonds is 5. The summed E-state index contributed by atoms with van der Waals surface area (Å²) in [6, 6.07) is 0. The molecule has 0 aromatic carbocycles. The van der Waals surface area contributed by atoms with Crippen LogP contribution >= 0.6 is 0 Å². The quantitative estimate of drug-likeness (QED) is 0.433. The molecular weight excluding hydrogens is 307 g/mol. The van der Waals surface area contributed by atoms with Crippen LogP contribution in [0.1, 0.15) is 102 Å². The minimum absolute atomic E-state index is 0.0999. The first kappa shape index (κ1) is 26.6. The highest BCUT2D eigenvalue weighted by Crippen LogP contribution is 2.45. The van der Waals surface area contributed by atoms with Crippen LogP contribution in [0, 0.1) is 23.2 Å². The van der Waals surface area contributed by atoms with E-state index in [1.807, 2.05) is 26.8 Å². The molecule has 1 rings (SSSR count). The third-order valence-corrected chi connectivity index (χ3v) is 5.55. The maximum atomic E-state index is 14.2. The highest BCUT2D eigenvalue weighted by molar-refractivity contribution is 5.22. The molecule has 0 fully saturated rings. The van der Waals surface area contributed by atoms with E-state index in [9.17, 15) is 4.39 Å². The van der Waals surface area contributed by atoms with Gasteiger partial charge in [-0.25, -0.2) is 4.39 Å². The fourth-order valence-electron chi connectivity index (χ4n) is 3.31. The molecule has 4 atom stereocenters. The summed E-state index contributed by atoms with van der Waals surface area (Å²) in [7, 11) is 0. The van der Waals surface area contributed by atoms with Crippen LogP contribution in [-0.2, 0) is 0 Å². The summed E-state index contributed by atoms with van der Waals surface area (Å²) in [5.41, 5.74) is 2.89. The van der Waals surface area contributed by atoms with E-state index in [1.54, 1.807) is 0 Å². The number of alkyl halides is 1. The number of hydrogen-bond acceptors (Lipinski definition) is 0. The molecule has 0 saturated heterocycles. The summed E-state index contributed by atoms with van der Waals surface area (Å²) in [5.74, 6) is 1.06. The van der Waals surface area contributed by atoms with Crippen molar-refractivity contribution in [1.82, 2.24) is 0 Å². The Morgan fingerprint density at radius 2 is 1.56 bits per heavy atom. The second-order valence-electron chi connectivity index (χ2n) is 8.11. The molecule has 0 nitrogen and oxygen atoms in total. The monoisotopic (exact) mass is 354 g/mol. The van der Waals surface area contributed by atoms with Gasteiger partial charge in [-0.1, -0.05) is 99.0 Å². The first-order valence-corrected chi connectivity index (χ1v) is 10.6. The Bertz CT molecular complexity index is 389. The Hall–Kier alpha value is -0.590. The van der Waals surface area contributed by atoms with Crippen molar-refractivity contribution in [1.29, 1.82) is 0 Å². The van der Waals surface area contributed by atoms with Gasteiger partial charge in [0.1, 0.15) is 6.17 Å². The average Bonchev–Trinajstić information content (AvgIpc) is 2.58. The molecule has 1 aliphatic carbocycles. The fourth-order valence-corrected chi connectivity index (χ4v) is 3.31. The van der Waals surface area contributed by atoms with Gasteiger partial charge >= 0.3 is 0 Å². The fraction of sp³-hybridized carbons (Fsp3) is 0.833. The van der Waals surface area contributed by atoms with Gasteiger partial charge in [-0.3, -0.25) is 0 Å². The van der Waals surface area contributed by atoms with Crippen LogP contribution < -0.4 is 0 Å². The third-order valence-electron chi connectivity index (χ3n) is 5.55. The molecule has 1 aliphatic rings. The predicted octanol–water partition coefficient (Wildman–Crippen LogP) is 8.78. The van der Waals surface area contributed by atoms with Crippen LogP contribution in [0.3, 0.4) is 0 Å². The Labute approximate surface area is 159 Å². The largest absolute Gasteiger partial charge is 0.243 e. The molecule has 0 saturated carbocycles. The van der Waals surface area contributed by atoms with E-state index in [0.29, 0.717) is 11.8 Å². The minimum atomic E-state index is -0.775. The van der Waals surface area contributed by atoms with E-state index in [2.05, 4.69) is 61.5 Å². The van der Waals surface area contributed by atoms with E-state index in [4.69, 9.17) is 0 Å². The zero-order valence-corrected chi connectivity index (χ0v) is 19.2. The van der Waals surface area contributed by atoms with Crippen LogP contribution in [0.2, 0.25) is 0 Å². The molecule has 150 valence electrons. The molecule has 0 aromatic heterocycles. The second kappa shape index (κ2) is 13.6. The van der Waals surface area contributed by atoms with Crippen molar-refractivity contribution in [3.8, 4) is 0 Å². The highest BCUT2D eigenvalue weighted by Gasteiger charge is 2.38. The molecule has 0 amide bonds. The lowest BCUT2D eigenvalue weighted by molar-refractivity contribution is 0.158. The van der Waals surface area contributed by atoms with Crippen molar-refractivity contribution in [3.63, 3.8) is 0 Å². The summed E-state index contributed by atoms with van der Waals surface area (Å²) >= 11 is 0. The van der Waals surface area contributed by atoms with Crippen LogP contribution in [-0.4, -0.2) is 6.17 Å². The van der Waals surface area contributed by atoms with Crippen LogP contribution in [0.25, 0.3) is 0 Å². The Morgan fingerprint density at radius 1 is 1.08 bits per heavy atom. The highest BCUT2D eigenvalue weighted by atomic mass is 19.1. The first-order valence-electron chi connectivity index (χ1n) is 10.6. The van der Waals surface area contributed by atoms with Crippen LogP contribution in [0.15, 0.2) is 23.3 Å². The van der Waals surface area contributed by atoms with E-state index in [1.165, 1.54) is 17.6 Å². The molecule has 4 unspecified atom stereocenters. The molecular formula is C24H47F.